The lowest BCUT2D eigenvalue weighted by Gasteiger charge is -2.35. The van der Waals surface area contributed by atoms with Crippen molar-refractivity contribution < 1.29 is 22.7 Å². The summed E-state index contributed by atoms with van der Waals surface area (Å²) in [6.45, 7) is 3.66. The van der Waals surface area contributed by atoms with Gasteiger partial charge in [-0.05, 0) is 62.4 Å². The van der Waals surface area contributed by atoms with Crippen molar-refractivity contribution in [2.45, 2.75) is 28.7 Å². The van der Waals surface area contributed by atoms with Crippen LogP contribution in [0.25, 0.3) is 10.9 Å². The number of sulfone groups is 1. The fourth-order valence-corrected chi connectivity index (χ4v) is 6.66. The Balaban J connectivity index is 1.32. The van der Waals surface area contributed by atoms with E-state index < -0.39 is 21.8 Å². The molecule has 42 heavy (non-hydrogen) atoms. The third kappa shape index (κ3) is 5.48. The highest BCUT2D eigenvalue weighted by atomic mass is 32.2. The van der Waals surface area contributed by atoms with Crippen LogP contribution < -0.4 is 15.6 Å². The van der Waals surface area contributed by atoms with Crippen LogP contribution >= 0.6 is 0 Å². The van der Waals surface area contributed by atoms with Crippen molar-refractivity contribution in [3.8, 4) is 0 Å². The van der Waals surface area contributed by atoms with Crippen LogP contribution in [0.2, 0.25) is 0 Å². The van der Waals surface area contributed by atoms with Gasteiger partial charge in [0.1, 0.15) is 6.10 Å². The summed E-state index contributed by atoms with van der Waals surface area (Å²) in [5.41, 5.74) is 4.78. The molecule has 2 aliphatic heterocycles. The lowest BCUT2D eigenvalue weighted by atomic mass is 10.1. The summed E-state index contributed by atoms with van der Waals surface area (Å²) in [5.74, 6) is -0.744. The fourth-order valence-electron chi connectivity index (χ4n) is 5.35. The number of benzene rings is 3. The number of aromatic nitrogens is 2. The average molecular weight is 589 g/mol. The summed E-state index contributed by atoms with van der Waals surface area (Å²) in [7, 11) is -1.66. The summed E-state index contributed by atoms with van der Waals surface area (Å²) in [6, 6.07) is 18.3. The Labute approximate surface area is 243 Å². The van der Waals surface area contributed by atoms with Gasteiger partial charge in [0, 0.05) is 38.2 Å². The van der Waals surface area contributed by atoms with Gasteiger partial charge in [-0.3, -0.25) is 9.59 Å². The first kappa shape index (κ1) is 27.9. The molecule has 0 bridgehead atoms. The van der Waals surface area contributed by atoms with Crippen molar-refractivity contribution in [2.24, 2.45) is 0 Å². The first-order chi connectivity index (χ1) is 20.3. The second-order valence-electron chi connectivity index (χ2n) is 10.5. The van der Waals surface area contributed by atoms with E-state index >= 15 is 0 Å². The predicted octanol–water partition coefficient (Wildman–Crippen LogP) is 3.12. The number of nitrogens with one attached hydrogen (secondary N) is 2. The number of fused-ring (bicyclic) bond motifs is 1. The molecule has 11 nitrogen and oxygen atoms in total. The number of carbonyl (C=O) groups is 2. The van der Waals surface area contributed by atoms with Gasteiger partial charge in [0.05, 0.1) is 38.4 Å². The summed E-state index contributed by atoms with van der Waals surface area (Å²) in [4.78, 5) is 32.9. The number of likely N-dealkylation sites (N-methyl/N-ethyl adjacent to an activating group) is 1. The van der Waals surface area contributed by atoms with E-state index in [2.05, 4.69) is 32.7 Å². The van der Waals surface area contributed by atoms with Crippen LogP contribution in [-0.4, -0.2) is 81.0 Å². The highest BCUT2D eigenvalue weighted by Crippen LogP contribution is 2.30. The van der Waals surface area contributed by atoms with E-state index in [0.29, 0.717) is 40.9 Å². The molecular weight excluding hydrogens is 556 g/mol. The Hall–Kier alpha value is -4.26. The Bertz CT molecular complexity index is 1730. The number of ether oxygens (including phenoxy) is 1. The fraction of sp³-hybridized carbons (Fsp3) is 0.300. The van der Waals surface area contributed by atoms with Crippen molar-refractivity contribution in [3.05, 3.63) is 78.5 Å². The molecule has 218 valence electrons. The Morgan fingerprint density at radius 2 is 1.74 bits per heavy atom. The van der Waals surface area contributed by atoms with Crippen LogP contribution in [0.3, 0.4) is 0 Å². The first-order valence-electron chi connectivity index (χ1n) is 13.9. The molecule has 1 atom stereocenters. The van der Waals surface area contributed by atoms with Crippen molar-refractivity contribution in [2.75, 3.05) is 55.5 Å². The normalized spacial score (nSPS) is 17.8. The second kappa shape index (κ2) is 11.6. The standard InChI is InChI=1S/C30H32N6O5S/c1-34-14-16-35(17-15-34)26-10-5-9-24(32-29(37)27-11-6-18-41-27)28(26)30(38)33-36-25-13-12-23(19-21(25)20-31-36)42(39,40)22-7-3-2-4-8-22/h2-5,7-10,12-13,19-20,27H,6,11,14-18H2,1H3,(H,32,37)(H,33,38)/t27-/m0/s1. The van der Waals surface area contributed by atoms with Gasteiger partial charge in [-0.1, -0.05) is 24.3 Å². The zero-order chi connectivity index (χ0) is 29.3. The maximum Gasteiger partial charge on any atom is 0.275 e. The van der Waals surface area contributed by atoms with Crippen LogP contribution in [0.15, 0.2) is 82.7 Å². The molecule has 0 radical (unpaired) electrons. The molecule has 0 aliphatic carbocycles. The number of piperazine rings is 1. The maximum atomic E-state index is 13.9. The smallest absolute Gasteiger partial charge is 0.275 e. The zero-order valence-electron chi connectivity index (χ0n) is 23.2. The number of amides is 2. The summed E-state index contributed by atoms with van der Waals surface area (Å²) >= 11 is 0. The van der Waals surface area contributed by atoms with Crippen molar-refractivity contribution in [1.29, 1.82) is 0 Å². The van der Waals surface area contributed by atoms with Crippen molar-refractivity contribution >= 4 is 43.9 Å². The molecule has 0 spiro atoms. The molecule has 6 rings (SSSR count). The third-order valence-electron chi connectivity index (χ3n) is 7.70. The molecule has 3 heterocycles. The molecule has 2 fully saturated rings. The van der Waals surface area contributed by atoms with E-state index in [1.807, 2.05) is 12.1 Å². The number of hydrogen-bond acceptors (Lipinski definition) is 8. The van der Waals surface area contributed by atoms with E-state index in [0.717, 1.165) is 32.6 Å². The third-order valence-corrected chi connectivity index (χ3v) is 9.47. The number of hydrogen-bond donors (Lipinski definition) is 2. The zero-order valence-corrected chi connectivity index (χ0v) is 24.0. The minimum atomic E-state index is -3.72. The monoisotopic (exact) mass is 588 g/mol. The maximum absolute atomic E-state index is 13.9. The quantitative estimate of drug-likeness (QED) is 0.337. The summed E-state index contributed by atoms with van der Waals surface area (Å²) in [5, 5.41) is 7.79. The van der Waals surface area contributed by atoms with E-state index in [9.17, 15) is 18.0 Å². The van der Waals surface area contributed by atoms with Gasteiger partial charge in [-0.25, -0.2) is 13.8 Å². The van der Waals surface area contributed by atoms with Crippen LogP contribution in [0.1, 0.15) is 23.2 Å². The molecule has 2 amide bonds. The van der Waals surface area contributed by atoms with Gasteiger partial charge in [0.15, 0.2) is 0 Å². The minimum absolute atomic E-state index is 0.131. The lowest BCUT2D eigenvalue weighted by Crippen LogP contribution is -2.45. The van der Waals surface area contributed by atoms with Crippen LogP contribution in [0.4, 0.5) is 11.4 Å². The van der Waals surface area contributed by atoms with Gasteiger partial charge >= 0.3 is 0 Å². The lowest BCUT2D eigenvalue weighted by molar-refractivity contribution is -0.124. The van der Waals surface area contributed by atoms with Gasteiger partial charge in [0.25, 0.3) is 11.8 Å². The average Bonchev–Trinajstić information content (AvgIpc) is 3.69. The molecule has 12 heteroatoms. The summed E-state index contributed by atoms with van der Waals surface area (Å²) in [6.07, 6.45) is 2.40. The molecule has 0 unspecified atom stereocenters. The van der Waals surface area contributed by atoms with Crippen LogP contribution in [0, 0.1) is 0 Å². The number of nitrogens with zero attached hydrogens (tertiary/aromatic N) is 4. The molecular formula is C30H32N6O5S. The molecule has 2 N–H and O–H groups in total. The van der Waals surface area contributed by atoms with Gasteiger partial charge in [0.2, 0.25) is 9.84 Å². The summed E-state index contributed by atoms with van der Waals surface area (Å²) < 4.78 is 31.8. The Morgan fingerprint density at radius 3 is 2.48 bits per heavy atom. The minimum Gasteiger partial charge on any atom is -0.368 e. The molecule has 3 aromatic carbocycles. The van der Waals surface area contributed by atoms with Gasteiger partial charge in [-0.2, -0.15) is 9.89 Å². The van der Waals surface area contributed by atoms with Crippen LogP contribution in [0.5, 0.6) is 0 Å². The Kier molecular flexibility index (Phi) is 7.67. The van der Waals surface area contributed by atoms with Crippen molar-refractivity contribution in [1.82, 2.24) is 14.8 Å². The largest absolute Gasteiger partial charge is 0.368 e. The van der Waals surface area contributed by atoms with Crippen molar-refractivity contribution in [3.63, 3.8) is 0 Å². The highest BCUT2D eigenvalue weighted by Gasteiger charge is 2.28. The number of carbonyl (C=O) groups excluding carboxylic acids is 2. The van der Waals surface area contributed by atoms with Gasteiger partial charge in [-0.15, -0.1) is 0 Å². The van der Waals surface area contributed by atoms with E-state index in [4.69, 9.17) is 4.74 Å². The van der Waals surface area contributed by atoms with Crippen LogP contribution in [-0.2, 0) is 19.4 Å². The number of anilines is 2. The Morgan fingerprint density at radius 1 is 0.952 bits per heavy atom. The topological polar surface area (TPSA) is 126 Å². The highest BCUT2D eigenvalue weighted by molar-refractivity contribution is 7.91. The predicted molar refractivity (Wildman–Crippen MR) is 159 cm³/mol. The van der Waals surface area contributed by atoms with E-state index in [1.54, 1.807) is 48.5 Å². The van der Waals surface area contributed by atoms with E-state index in [1.165, 1.54) is 17.1 Å². The van der Waals surface area contributed by atoms with E-state index in [-0.39, 0.29) is 15.7 Å². The molecule has 4 aromatic rings. The van der Waals surface area contributed by atoms with Gasteiger partial charge < -0.3 is 19.9 Å². The SMILES string of the molecule is CN1CCN(c2cccc(NC(=O)[C@@H]3CCCO3)c2C(=O)Nn2ncc3cc(S(=O)(=O)c4ccccc4)ccc32)CC1. The molecule has 0 saturated carbocycles. The molecule has 1 aromatic heterocycles. The molecule has 2 aliphatic rings. The first-order valence-corrected chi connectivity index (χ1v) is 15.4. The second-order valence-corrected chi connectivity index (χ2v) is 12.5. The molecule has 2 saturated heterocycles. The number of rotatable bonds is 7.